The van der Waals surface area contributed by atoms with Crippen LogP contribution in [0.3, 0.4) is 0 Å². The number of esters is 1. The second kappa shape index (κ2) is 8.87. The van der Waals surface area contributed by atoms with Crippen LogP contribution in [0.15, 0.2) is 0 Å². The Morgan fingerprint density at radius 3 is 2.42 bits per heavy atom. The Bertz CT molecular complexity index is 392. The number of hydrogen-bond donors (Lipinski definition) is 2. The molecule has 19 heavy (non-hydrogen) atoms. The molecule has 0 amide bonds. The van der Waals surface area contributed by atoms with E-state index in [4.69, 9.17) is 5.11 Å². The van der Waals surface area contributed by atoms with Gasteiger partial charge in [0.1, 0.15) is 0 Å². The summed E-state index contributed by atoms with van der Waals surface area (Å²) in [7, 11) is -2.19. The molecule has 0 aromatic rings. The third-order valence-corrected chi connectivity index (χ3v) is 4.02. The molecule has 112 valence electrons. The molecule has 0 aromatic heterocycles. The zero-order valence-corrected chi connectivity index (χ0v) is 12.0. The van der Waals surface area contributed by atoms with Crippen LogP contribution < -0.4 is 4.72 Å². The van der Waals surface area contributed by atoms with Crippen LogP contribution in [-0.4, -0.2) is 44.4 Å². The summed E-state index contributed by atoms with van der Waals surface area (Å²) in [5, 5.41) is 8.47. The van der Waals surface area contributed by atoms with Gasteiger partial charge in [0, 0.05) is 18.9 Å². The number of ether oxygens (including phenoxy) is 1. The van der Waals surface area contributed by atoms with Crippen LogP contribution in [0.1, 0.15) is 39.0 Å². The molecule has 0 bridgehead atoms. The van der Waals surface area contributed by atoms with Crippen molar-refractivity contribution in [2.75, 3.05) is 12.9 Å². The van der Waals surface area contributed by atoms with Crippen LogP contribution in [0.4, 0.5) is 0 Å². The van der Waals surface area contributed by atoms with Crippen molar-refractivity contribution >= 4 is 22.0 Å². The molecule has 1 atom stereocenters. The monoisotopic (exact) mass is 295 g/mol. The van der Waals surface area contributed by atoms with Crippen LogP contribution in [0.5, 0.6) is 0 Å². The first-order chi connectivity index (χ1) is 8.76. The molecular weight excluding hydrogens is 274 g/mol. The highest BCUT2D eigenvalue weighted by molar-refractivity contribution is 7.89. The predicted octanol–water partition coefficient (Wildman–Crippen LogP) is 0.502. The Labute approximate surface area is 113 Å². The van der Waals surface area contributed by atoms with Gasteiger partial charge in [-0.15, -0.1) is 0 Å². The maximum atomic E-state index is 11.6. The van der Waals surface area contributed by atoms with Crippen LogP contribution in [-0.2, 0) is 24.3 Å². The Morgan fingerprint density at radius 2 is 1.89 bits per heavy atom. The molecule has 1 unspecified atom stereocenters. The summed E-state index contributed by atoms with van der Waals surface area (Å²) < 4.78 is 30.1. The molecule has 0 spiro atoms. The van der Waals surface area contributed by atoms with Gasteiger partial charge in [0.15, 0.2) is 0 Å². The number of nitrogens with one attached hydrogen (secondary N) is 1. The topological polar surface area (TPSA) is 110 Å². The highest BCUT2D eigenvalue weighted by Gasteiger charge is 2.15. The van der Waals surface area contributed by atoms with Crippen LogP contribution in [0.2, 0.25) is 0 Å². The van der Waals surface area contributed by atoms with E-state index in [1.807, 2.05) is 0 Å². The molecule has 2 N–H and O–H groups in total. The first-order valence-corrected chi connectivity index (χ1v) is 7.70. The van der Waals surface area contributed by atoms with Gasteiger partial charge < -0.3 is 9.84 Å². The van der Waals surface area contributed by atoms with E-state index in [0.29, 0.717) is 12.8 Å². The second-order valence-corrected chi connectivity index (χ2v) is 6.18. The van der Waals surface area contributed by atoms with Crippen molar-refractivity contribution in [1.82, 2.24) is 4.72 Å². The number of methoxy groups -OCH3 is 1. The van der Waals surface area contributed by atoms with Crippen molar-refractivity contribution in [2.24, 2.45) is 0 Å². The maximum absolute atomic E-state index is 11.6. The molecule has 0 saturated heterocycles. The van der Waals surface area contributed by atoms with Crippen LogP contribution >= 0.6 is 0 Å². The quantitative estimate of drug-likeness (QED) is 0.568. The Kier molecular flexibility index (Phi) is 8.33. The number of sulfonamides is 1. The third-order valence-electron chi connectivity index (χ3n) is 2.43. The summed E-state index contributed by atoms with van der Waals surface area (Å²) in [5.41, 5.74) is 0. The fourth-order valence-electron chi connectivity index (χ4n) is 1.49. The minimum Gasteiger partial charge on any atom is -0.481 e. The number of rotatable bonds is 10. The molecule has 0 aliphatic heterocycles. The fourth-order valence-corrected chi connectivity index (χ4v) is 2.87. The number of carbonyl (C=O) groups excluding carboxylic acids is 1. The highest BCUT2D eigenvalue weighted by Crippen LogP contribution is 2.04. The van der Waals surface area contributed by atoms with Gasteiger partial charge in [0.25, 0.3) is 0 Å². The largest absolute Gasteiger partial charge is 0.481 e. The lowest BCUT2D eigenvalue weighted by atomic mass is 10.1. The molecule has 8 heteroatoms. The average Bonchev–Trinajstić information content (AvgIpc) is 2.27. The Balaban J connectivity index is 3.94. The summed E-state index contributed by atoms with van der Waals surface area (Å²) in [4.78, 5) is 21.1. The lowest BCUT2D eigenvalue weighted by Crippen LogP contribution is -2.34. The normalized spacial score (nSPS) is 12.9. The smallest absolute Gasteiger partial charge is 0.305 e. The molecule has 0 aromatic carbocycles. The summed E-state index contributed by atoms with van der Waals surface area (Å²) >= 11 is 0. The molecule has 7 nitrogen and oxygen atoms in total. The average molecular weight is 295 g/mol. The molecule has 0 radical (unpaired) electrons. The molecule has 0 fully saturated rings. The first kappa shape index (κ1) is 17.8. The minimum absolute atomic E-state index is 0.0222. The number of carbonyl (C=O) groups is 2. The van der Waals surface area contributed by atoms with Crippen molar-refractivity contribution in [3.8, 4) is 0 Å². The summed E-state index contributed by atoms with van der Waals surface area (Å²) in [5.74, 6) is -1.48. The standard InChI is InChI=1S/C11H21NO6S/c1-9(5-3-6-10(13)14)12-19(16,17)8-4-7-11(15)18-2/h9,12H,3-8H2,1-2H3,(H,13,14). The highest BCUT2D eigenvalue weighted by atomic mass is 32.2. The van der Waals surface area contributed by atoms with E-state index < -0.39 is 22.0 Å². The molecule has 0 saturated carbocycles. The maximum Gasteiger partial charge on any atom is 0.305 e. The van der Waals surface area contributed by atoms with Gasteiger partial charge in [-0.2, -0.15) is 0 Å². The van der Waals surface area contributed by atoms with Crippen molar-refractivity contribution in [3.63, 3.8) is 0 Å². The fraction of sp³-hybridized carbons (Fsp3) is 0.818. The molecule has 0 heterocycles. The number of hydrogen-bond acceptors (Lipinski definition) is 5. The predicted molar refractivity (Wildman–Crippen MR) is 69.1 cm³/mol. The van der Waals surface area contributed by atoms with E-state index in [0.717, 1.165) is 0 Å². The van der Waals surface area contributed by atoms with Crippen molar-refractivity contribution in [3.05, 3.63) is 0 Å². The van der Waals surface area contributed by atoms with Gasteiger partial charge in [-0.25, -0.2) is 13.1 Å². The minimum atomic E-state index is -3.44. The molecular formula is C11H21NO6S. The first-order valence-electron chi connectivity index (χ1n) is 6.05. The van der Waals surface area contributed by atoms with Gasteiger partial charge in [0.2, 0.25) is 10.0 Å². The lowest BCUT2D eigenvalue weighted by Gasteiger charge is -2.13. The molecule has 0 aliphatic carbocycles. The Hall–Kier alpha value is -1.15. The van der Waals surface area contributed by atoms with E-state index in [2.05, 4.69) is 9.46 Å². The van der Waals surface area contributed by atoms with E-state index in [-0.39, 0.29) is 31.1 Å². The van der Waals surface area contributed by atoms with Crippen molar-refractivity contribution in [2.45, 2.75) is 45.1 Å². The summed E-state index contributed by atoms with van der Waals surface area (Å²) in [6.07, 6.45) is 1.16. The third kappa shape index (κ3) is 10.5. The molecule has 0 rings (SSSR count). The number of aliphatic carboxylic acids is 1. The van der Waals surface area contributed by atoms with E-state index in [1.54, 1.807) is 6.92 Å². The van der Waals surface area contributed by atoms with E-state index >= 15 is 0 Å². The number of carboxylic acids is 1. The van der Waals surface area contributed by atoms with Gasteiger partial charge in [0.05, 0.1) is 12.9 Å². The Morgan fingerprint density at radius 1 is 1.26 bits per heavy atom. The van der Waals surface area contributed by atoms with Gasteiger partial charge in [-0.3, -0.25) is 9.59 Å². The van der Waals surface area contributed by atoms with Crippen molar-refractivity contribution < 1.29 is 27.9 Å². The van der Waals surface area contributed by atoms with Gasteiger partial charge >= 0.3 is 11.9 Å². The SMILES string of the molecule is COC(=O)CCCS(=O)(=O)NC(C)CCCC(=O)O. The zero-order valence-electron chi connectivity index (χ0n) is 11.2. The van der Waals surface area contributed by atoms with Gasteiger partial charge in [-0.1, -0.05) is 0 Å². The van der Waals surface area contributed by atoms with E-state index in [1.165, 1.54) is 7.11 Å². The molecule has 0 aliphatic rings. The van der Waals surface area contributed by atoms with Crippen LogP contribution in [0, 0.1) is 0 Å². The van der Waals surface area contributed by atoms with Crippen LogP contribution in [0.25, 0.3) is 0 Å². The zero-order chi connectivity index (χ0) is 14.9. The summed E-state index contributed by atoms with van der Waals surface area (Å²) in [6, 6.07) is -0.317. The van der Waals surface area contributed by atoms with Gasteiger partial charge in [-0.05, 0) is 26.2 Å². The summed E-state index contributed by atoms with van der Waals surface area (Å²) in [6.45, 7) is 1.68. The lowest BCUT2D eigenvalue weighted by molar-refractivity contribution is -0.140. The van der Waals surface area contributed by atoms with E-state index in [9.17, 15) is 18.0 Å². The van der Waals surface area contributed by atoms with Crippen molar-refractivity contribution in [1.29, 1.82) is 0 Å². The number of carboxylic acid groups (broad SMARTS) is 1. The second-order valence-electron chi connectivity index (χ2n) is 4.30.